The highest BCUT2D eigenvalue weighted by Crippen LogP contribution is 2.23. The van der Waals surface area contributed by atoms with Gasteiger partial charge in [0.15, 0.2) is 5.03 Å². The van der Waals surface area contributed by atoms with Crippen molar-refractivity contribution in [1.82, 2.24) is 19.4 Å². The number of morpholine rings is 1. The molecule has 0 aromatic carbocycles. The molecule has 1 N–H and O–H groups in total. The zero-order chi connectivity index (χ0) is 14.0. The lowest BCUT2D eigenvalue weighted by molar-refractivity contribution is 0.0206. The maximum Gasteiger partial charge on any atom is 0.261 e. The first-order valence-corrected chi connectivity index (χ1v) is 7.71. The Labute approximate surface area is 117 Å². The van der Waals surface area contributed by atoms with Crippen molar-refractivity contribution in [3.63, 3.8) is 0 Å². The van der Waals surface area contributed by atoms with Crippen LogP contribution in [-0.2, 0) is 21.8 Å². The molecule has 1 fully saturated rings. The van der Waals surface area contributed by atoms with Crippen LogP contribution >= 0.6 is 11.6 Å². The quantitative estimate of drug-likeness (QED) is 0.825. The Morgan fingerprint density at radius 2 is 2.42 bits per heavy atom. The first kappa shape index (κ1) is 14.7. The third-order valence-corrected chi connectivity index (χ3v) is 5.29. The zero-order valence-electron chi connectivity index (χ0n) is 10.8. The summed E-state index contributed by atoms with van der Waals surface area (Å²) in [6, 6.07) is 0. The summed E-state index contributed by atoms with van der Waals surface area (Å²) in [5.41, 5.74) is 0. The molecule has 7 nitrogen and oxygen atoms in total. The number of nitrogens with zero attached hydrogens (tertiary/aromatic N) is 3. The van der Waals surface area contributed by atoms with Crippen molar-refractivity contribution in [1.29, 1.82) is 0 Å². The third-order valence-electron chi connectivity index (χ3n) is 2.96. The molecule has 1 saturated heterocycles. The molecular weight excluding hydrogens is 292 g/mol. The third kappa shape index (κ3) is 3.09. The van der Waals surface area contributed by atoms with Crippen LogP contribution < -0.4 is 5.32 Å². The summed E-state index contributed by atoms with van der Waals surface area (Å²) in [6.45, 7) is 2.29. The number of sulfonamides is 1. The monoisotopic (exact) mass is 308 g/mol. The van der Waals surface area contributed by atoms with Crippen LogP contribution in [-0.4, -0.2) is 61.9 Å². The van der Waals surface area contributed by atoms with Crippen LogP contribution in [0.25, 0.3) is 0 Å². The number of ether oxygens (including phenoxy) is 1. The Morgan fingerprint density at radius 1 is 1.68 bits per heavy atom. The van der Waals surface area contributed by atoms with Crippen molar-refractivity contribution in [3.05, 3.63) is 11.2 Å². The van der Waals surface area contributed by atoms with Crippen molar-refractivity contribution in [2.24, 2.45) is 7.05 Å². The SMILES string of the molecule is CN(CC1CNCCO1)S(=O)(=O)c1c(Cl)cnn1C. The van der Waals surface area contributed by atoms with Crippen LogP contribution in [0.4, 0.5) is 0 Å². The highest BCUT2D eigenvalue weighted by molar-refractivity contribution is 7.89. The minimum Gasteiger partial charge on any atom is -0.374 e. The van der Waals surface area contributed by atoms with Crippen LogP contribution in [0.5, 0.6) is 0 Å². The maximum atomic E-state index is 12.4. The number of hydrogen-bond acceptors (Lipinski definition) is 5. The number of aromatic nitrogens is 2. The smallest absolute Gasteiger partial charge is 0.261 e. The van der Waals surface area contributed by atoms with Gasteiger partial charge in [0.2, 0.25) is 0 Å². The van der Waals surface area contributed by atoms with Gasteiger partial charge in [0.1, 0.15) is 0 Å². The number of halogens is 1. The molecule has 108 valence electrons. The van der Waals surface area contributed by atoms with E-state index in [4.69, 9.17) is 16.3 Å². The molecule has 19 heavy (non-hydrogen) atoms. The van der Waals surface area contributed by atoms with E-state index in [0.717, 1.165) is 6.54 Å². The molecule has 1 aliphatic rings. The number of likely N-dealkylation sites (N-methyl/N-ethyl adjacent to an activating group) is 1. The Hall–Kier alpha value is -0.670. The molecule has 9 heteroatoms. The summed E-state index contributed by atoms with van der Waals surface area (Å²) in [5.74, 6) is 0. The summed E-state index contributed by atoms with van der Waals surface area (Å²) in [5, 5.41) is 7.13. The molecule has 1 atom stereocenters. The van der Waals surface area contributed by atoms with Gasteiger partial charge in [0, 0.05) is 33.7 Å². The molecule has 1 aromatic heterocycles. The minimum atomic E-state index is -3.66. The topological polar surface area (TPSA) is 76.5 Å². The van der Waals surface area contributed by atoms with Crippen LogP contribution in [0.3, 0.4) is 0 Å². The molecule has 0 amide bonds. The number of rotatable bonds is 4. The lowest BCUT2D eigenvalue weighted by Gasteiger charge is -2.27. The van der Waals surface area contributed by atoms with Gasteiger partial charge in [0.25, 0.3) is 10.0 Å². The van der Waals surface area contributed by atoms with Gasteiger partial charge < -0.3 is 10.1 Å². The molecule has 2 heterocycles. The Kier molecular flexibility index (Phi) is 4.46. The van der Waals surface area contributed by atoms with E-state index in [1.54, 1.807) is 7.05 Å². The second-order valence-electron chi connectivity index (χ2n) is 4.40. The molecule has 0 bridgehead atoms. The Bertz CT molecular complexity index is 519. The number of nitrogens with one attached hydrogen (secondary N) is 1. The molecule has 0 spiro atoms. The standard InChI is InChI=1S/C10H17ClN4O3S/c1-14(7-8-5-12-3-4-18-8)19(16,17)10-9(11)6-13-15(10)2/h6,8,12H,3-5,7H2,1-2H3. The van der Waals surface area contributed by atoms with Crippen LogP contribution in [0.1, 0.15) is 0 Å². The van der Waals surface area contributed by atoms with Gasteiger partial charge in [-0.1, -0.05) is 11.6 Å². The van der Waals surface area contributed by atoms with Gasteiger partial charge in [-0.05, 0) is 0 Å². The maximum absolute atomic E-state index is 12.4. The van der Waals surface area contributed by atoms with Gasteiger partial charge >= 0.3 is 0 Å². The molecule has 0 aliphatic carbocycles. The predicted octanol–water partition coefficient (Wildman–Crippen LogP) is -0.318. The zero-order valence-corrected chi connectivity index (χ0v) is 12.4. The van der Waals surface area contributed by atoms with Crippen molar-refractivity contribution < 1.29 is 13.2 Å². The summed E-state index contributed by atoms with van der Waals surface area (Å²) < 4.78 is 32.8. The van der Waals surface area contributed by atoms with Crippen LogP contribution in [0.15, 0.2) is 11.2 Å². The fourth-order valence-electron chi connectivity index (χ4n) is 1.96. The fraction of sp³-hybridized carbons (Fsp3) is 0.700. The van der Waals surface area contributed by atoms with E-state index in [1.165, 1.54) is 22.2 Å². The van der Waals surface area contributed by atoms with Crippen molar-refractivity contribution in [2.45, 2.75) is 11.1 Å². The average Bonchev–Trinajstić information content (AvgIpc) is 2.70. The summed E-state index contributed by atoms with van der Waals surface area (Å²) in [6.07, 6.45) is 1.17. The average molecular weight is 309 g/mol. The molecule has 0 saturated carbocycles. The van der Waals surface area contributed by atoms with E-state index in [1.807, 2.05) is 0 Å². The normalized spacial score (nSPS) is 20.9. The fourth-order valence-corrected chi connectivity index (χ4v) is 3.76. The number of hydrogen-bond donors (Lipinski definition) is 1. The van der Waals surface area contributed by atoms with E-state index >= 15 is 0 Å². The number of aryl methyl sites for hydroxylation is 1. The Morgan fingerprint density at radius 3 is 2.95 bits per heavy atom. The summed E-state index contributed by atoms with van der Waals surface area (Å²) >= 11 is 5.88. The van der Waals surface area contributed by atoms with E-state index < -0.39 is 10.0 Å². The second-order valence-corrected chi connectivity index (χ2v) is 6.77. The predicted molar refractivity (Wildman–Crippen MR) is 70.6 cm³/mol. The van der Waals surface area contributed by atoms with Crippen LogP contribution in [0.2, 0.25) is 5.02 Å². The molecule has 1 unspecified atom stereocenters. The van der Waals surface area contributed by atoms with Gasteiger partial charge in [-0.3, -0.25) is 4.68 Å². The molecule has 1 aromatic rings. The summed E-state index contributed by atoms with van der Waals surface area (Å²) in [4.78, 5) is 0. The lowest BCUT2D eigenvalue weighted by Crippen LogP contribution is -2.45. The lowest BCUT2D eigenvalue weighted by atomic mass is 10.3. The van der Waals surface area contributed by atoms with E-state index in [2.05, 4.69) is 10.4 Å². The van der Waals surface area contributed by atoms with E-state index in [0.29, 0.717) is 13.2 Å². The molecule has 0 radical (unpaired) electrons. The largest absolute Gasteiger partial charge is 0.374 e. The van der Waals surface area contributed by atoms with Gasteiger partial charge in [-0.15, -0.1) is 0 Å². The van der Waals surface area contributed by atoms with Gasteiger partial charge in [0.05, 0.1) is 23.9 Å². The molecule has 2 rings (SSSR count). The minimum absolute atomic E-state index is 0.000403. The van der Waals surface area contributed by atoms with Gasteiger partial charge in [-0.25, -0.2) is 8.42 Å². The van der Waals surface area contributed by atoms with Crippen molar-refractivity contribution >= 4 is 21.6 Å². The van der Waals surface area contributed by atoms with Crippen molar-refractivity contribution in [2.75, 3.05) is 33.3 Å². The van der Waals surface area contributed by atoms with E-state index in [9.17, 15) is 8.42 Å². The Balaban J connectivity index is 2.15. The van der Waals surface area contributed by atoms with Crippen LogP contribution in [0, 0.1) is 0 Å². The highest BCUT2D eigenvalue weighted by Gasteiger charge is 2.29. The first-order chi connectivity index (χ1) is 8.93. The van der Waals surface area contributed by atoms with E-state index in [-0.39, 0.29) is 22.7 Å². The van der Waals surface area contributed by atoms with Gasteiger partial charge in [-0.2, -0.15) is 9.40 Å². The molecule has 1 aliphatic heterocycles. The van der Waals surface area contributed by atoms with Crippen molar-refractivity contribution in [3.8, 4) is 0 Å². The highest BCUT2D eigenvalue weighted by atomic mass is 35.5. The molecular formula is C10H17ClN4O3S. The first-order valence-electron chi connectivity index (χ1n) is 5.89. The summed E-state index contributed by atoms with van der Waals surface area (Å²) in [7, 11) is -0.605. The second kappa shape index (κ2) is 5.76.